The Labute approximate surface area is 305 Å². The van der Waals surface area contributed by atoms with Gasteiger partial charge in [-0.05, 0) is 48.7 Å². The van der Waals surface area contributed by atoms with Gasteiger partial charge in [0.2, 0.25) is 5.91 Å². The molecule has 17 heteroatoms. The highest BCUT2D eigenvalue weighted by Crippen LogP contribution is 2.20. The third kappa shape index (κ3) is 10.8. The van der Waals surface area contributed by atoms with Gasteiger partial charge in [0, 0.05) is 76.8 Å². The first-order valence-electron chi connectivity index (χ1n) is 16.1. The highest BCUT2D eigenvalue weighted by Gasteiger charge is 2.19. The fourth-order valence-electron chi connectivity index (χ4n) is 5.36. The van der Waals surface area contributed by atoms with E-state index in [1.54, 1.807) is 59.5 Å². The lowest BCUT2D eigenvalue weighted by molar-refractivity contribution is -0.114. The predicted molar refractivity (Wildman–Crippen MR) is 202 cm³/mol. The number of nitrogens with two attached hydrogens (primary N) is 2. The van der Waals surface area contributed by atoms with Gasteiger partial charge < -0.3 is 51.3 Å². The summed E-state index contributed by atoms with van der Waals surface area (Å²) in [6, 6.07) is 12.9. The second-order valence-electron chi connectivity index (χ2n) is 11.8. The molecule has 0 aliphatic heterocycles. The number of alkyl halides is 2. The number of hydrogen-bond acceptors (Lipinski definition) is 6. The van der Waals surface area contributed by atoms with Crippen LogP contribution >= 0.6 is 23.2 Å². The molecule has 0 spiro atoms. The van der Waals surface area contributed by atoms with Gasteiger partial charge in [-0.3, -0.25) is 19.2 Å². The molecule has 0 fully saturated rings. The number of anilines is 4. The van der Waals surface area contributed by atoms with Crippen LogP contribution in [0.3, 0.4) is 0 Å². The van der Waals surface area contributed by atoms with Crippen molar-refractivity contribution in [3.63, 3.8) is 0 Å². The maximum atomic E-state index is 13.2. The van der Waals surface area contributed by atoms with E-state index < -0.39 is 17.7 Å². The molecule has 0 saturated carbocycles. The molecule has 0 atom stereocenters. The molecule has 51 heavy (non-hydrogen) atoms. The van der Waals surface area contributed by atoms with Gasteiger partial charge in [-0.1, -0.05) is 12.1 Å². The lowest BCUT2D eigenvalue weighted by atomic mass is 10.1. The molecular weight excluding hydrogens is 697 g/mol. The monoisotopic (exact) mass is 739 g/mol. The van der Waals surface area contributed by atoms with Crippen molar-refractivity contribution >= 4 is 75.5 Å². The maximum Gasteiger partial charge on any atom is 0.272 e. The summed E-state index contributed by atoms with van der Waals surface area (Å²) in [5, 5.41) is 11.2. The van der Waals surface area contributed by atoms with Crippen molar-refractivity contribution in [2.45, 2.75) is 12.8 Å². The number of aromatic nitrogens is 3. The Balaban J connectivity index is 1.28. The molecule has 15 nitrogen and oxygen atoms in total. The largest absolute Gasteiger partial charge is 0.370 e. The van der Waals surface area contributed by atoms with E-state index in [0.717, 1.165) is 37.2 Å². The normalized spacial score (nSPS) is 10.8. The first-order chi connectivity index (χ1) is 24.4. The van der Waals surface area contributed by atoms with Crippen LogP contribution in [0.5, 0.6) is 0 Å². The van der Waals surface area contributed by atoms with Crippen molar-refractivity contribution in [2.24, 2.45) is 37.6 Å². The van der Waals surface area contributed by atoms with E-state index in [0.29, 0.717) is 41.1 Å². The number of carbonyl (C=O) groups excluding carboxylic acids is 4. The van der Waals surface area contributed by atoms with Crippen LogP contribution in [0.15, 0.2) is 66.0 Å². The summed E-state index contributed by atoms with van der Waals surface area (Å²) in [6.45, 7) is 1.68. The first kappa shape index (κ1) is 38.4. The van der Waals surface area contributed by atoms with Gasteiger partial charge in [0.15, 0.2) is 5.96 Å². The number of amides is 4. The molecule has 0 bridgehead atoms. The highest BCUT2D eigenvalue weighted by atomic mass is 35.5. The van der Waals surface area contributed by atoms with Crippen LogP contribution in [0.2, 0.25) is 0 Å². The van der Waals surface area contributed by atoms with Gasteiger partial charge in [0.1, 0.15) is 23.6 Å². The van der Waals surface area contributed by atoms with Crippen molar-refractivity contribution in [1.29, 1.82) is 0 Å². The number of hydrogen-bond donors (Lipinski definition) is 6. The Bertz CT molecular complexity index is 1870. The Morgan fingerprint density at radius 1 is 0.725 bits per heavy atom. The molecule has 0 unspecified atom stereocenters. The summed E-state index contributed by atoms with van der Waals surface area (Å²) in [7, 11) is 5.05. The van der Waals surface area contributed by atoms with E-state index >= 15 is 0 Å². The van der Waals surface area contributed by atoms with Gasteiger partial charge in [-0.25, -0.2) is 4.99 Å². The van der Waals surface area contributed by atoms with Crippen molar-refractivity contribution in [2.75, 3.05) is 58.8 Å². The molecule has 0 aliphatic carbocycles. The van der Waals surface area contributed by atoms with E-state index in [1.165, 1.54) is 12.1 Å². The molecule has 0 saturated heterocycles. The zero-order valence-electron chi connectivity index (χ0n) is 28.7. The van der Waals surface area contributed by atoms with Crippen molar-refractivity contribution < 1.29 is 19.2 Å². The van der Waals surface area contributed by atoms with Gasteiger partial charge in [-0.2, -0.15) is 0 Å². The molecule has 3 heterocycles. The lowest BCUT2D eigenvalue weighted by Crippen LogP contribution is -2.27. The number of rotatable bonds is 17. The molecule has 8 N–H and O–H groups in total. The van der Waals surface area contributed by atoms with E-state index in [2.05, 4.69) is 55.4 Å². The third-order valence-electron chi connectivity index (χ3n) is 7.86. The summed E-state index contributed by atoms with van der Waals surface area (Å²) < 4.78 is 4.77. The molecule has 0 aliphatic rings. The van der Waals surface area contributed by atoms with Crippen molar-refractivity contribution in [1.82, 2.24) is 19.0 Å². The van der Waals surface area contributed by atoms with Crippen LogP contribution in [0.1, 0.15) is 43.4 Å². The Hall–Kier alpha value is -5.41. The molecule has 4 aromatic rings. The summed E-state index contributed by atoms with van der Waals surface area (Å²) in [6.07, 6.45) is 6.38. The van der Waals surface area contributed by atoms with Gasteiger partial charge in [0.25, 0.3) is 17.7 Å². The minimum Gasteiger partial charge on any atom is -0.370 e. The number of aryl methyl sites for hydroxylation is 4. The van der Waals surface area contributed by atoms with Gasteiger partial charge in [-0.15, -0.1) is 23.2 Å². The van der Waals surface area contributed by atoms with E-state index in [9.17, 15) is 19.2 Å². The fraction of sp³-hybridized carbons (Fsp3) is 0.324. The second kappa shape index (κ2) is 18.0. The molecule has 4 rings (SSSR count). The summed E-state index contributed by atoms with van der Waals surface area (Å²) in [5.74, 6) is -0.752. The summed E-state index contributed by atoms with van der Waals surface area (Å²) in [4.78, 5) is 57.0. The molecule has 272 valence electrons. The fourth-order valence-corrected chi connectivity index (χ4v) is 5.77. The van der Waals surface area contributed by atoms with Gasteiger partial charge >= 0.3 is 0 Å². The molecule has 3 aromatic heterocycles. The molecule has 4 amide bonds. The number of benzene rings is 1. The van der Waals surface area contributed by atoms with E-state index in [4.69, 9.17) is 34.7 Å². The van der Waals surface area contributed by atoms with Crippen LogP contribution in [-0.2, 0) is 32.4 Å². The zero-order chi connectivity index (χ0) is 37.1. The summed E-state index contributed by atoms with van der Waals surface area (Å²) in [5.41, 5.74) is 14.9. The van der Waals surface area contributed by atoms with Crippen molar-refractivity contribution in [3.05, 3.63) is 83.7 Å². The number of guanidine groups is 1. The average molecular weight is 741 g/mol. The van der Waals surface area contributed by atoms with Crippen LogP contribution < -0.4 is 37.6 Å². The zero-order valence-corrected chi connectivity index (χ0v) is 30.2. The van der Waals surface area contributed by atoms with Gasteiger partial charge in [0.05, 0.1) is 17.1 Å². The third-order valence-corrected chi connectivity index (χ3v) is 8.19. The maximum absolute atomic E-state index is 13.2. The van der Waals surface area contributed by atoms with E-state index in [1.807, 2.05) is 0 Å². The number of carbonyl (C=O) groups is 4. The molecular formula is C34H43Cl2N11O4. The minimum atomic E-state index is -0.455. The second-order valence-corrected chi connectivity index (χ2v) is 12.5. The number of aliphatic imine (C=N–C) groups is 1. The quantitative estimate of drug-likeness (QED) is 0.0414. The summed E-state index contributed by atoms with van der Waals surface area (Å²) >= 11 is 11.8. The number of nitrogens with zero attached hydrogens (tertiary/aromatic N) is 5. The van der Waals surface area contributed by atoms with Crippen LogP contribution in [0, 0.1) is 0 Å². The predicted octanol–water partition coefficient (Wildman–Crippen LogP) is 3.07. The Kier molecular flexibility index (Phi) is 13.6. The van der Waals surface area contributed by atoms with Crippen LogP contribution in [0.4, 0.5) is 22.7 Å². The van der Waals surface area contributed by atoms with E-state index in [-0.39, 0.29) is 29.8 Å². The minimum absolute atomic E-state index is 0.207. The smallest absolute Gasteiger partial charge is 0.272 e. The molecule has 0 radical (unpaired) electrons. The number of nitrogens with one attached hydrogen (secondary N) is 4. The average Bonchev–Trinajstić information content (AvgIpc) is 3.77. The van der Waals surface area contributed by atoms with Crippen LogP contribution in [0.25, 0.3) is 0 Å². The Morgan fingerprint density at radius 3 is 1.67 bits per heavy atom. The topological polar surface area (TPSA) is 199 Å². The standard InChI is InChI=1S/C34H43Cl2N11O4/c1-44-20-24(16-27(44)31(49)39-12-4-5-22-6-8-26(9-7-22)47(13-10-35)14-11-36)42-33(51)29-17-25(21-46(29)3)43-32(50)28-15-23(19-45(28)2)41-30(48)18-40-34(37)38/h6-9,15-17,19-21H,4-5,10-14,18H2,1-3H3,(H,39,49)(H,41,48)(H,42,51)(H,43,50)(H4,37,38,40). The SMILES string of the molecule is Cn1cc(NC(=O)c2cc(NC(=O)c3cc(NC(=O)CN=C(N)N)cn3C)cn2C)cc1C(=O)NCCCc1ccc(N(CCCl)CCCl)cc1. The highest BCUT2D eigenvalue weighted by molar-refractivity contribution is 6.18. The lowest BCUT2D eigenvalue weighted by Gasteiger charge is -2.23. The first-order valence-corrected chi connectivity index (χ1v) is 17.2. The van der Waals surface area contributed by atoms with Crippen molar-refractivity contribution in [3.8, 4) is 0 Å². The Morgan fingerprint density at radius 2 is 1.20 bits per heavy atom. The van der Waals surface area contributed by atoms with Crippen LogP contribution in [-0.4, -0.2) is 81.2 Å². The molecule has 1 aromatic carbocycles. The number of halogens is 2.